The van der Waals surface area contributed by atoms with Crippen LogP contribution < -0.4 is 5.32 Å². The van der Waals surface area contributed by atoms with Gasteiger partial charge in [-0.15, -0.1) is 5.10 Å². The second-order valence-electron chi connectivity index (χ2n) is 5.81. The number of anilines is 1. The van der Waals surface area contributed by atoms with E-state index < -0.39 is 0 Å². The van der Waals surface area contributed by atoms with E-state index in [4.69, 9.17) is 4.42 Å². The molecule has 2 aromatic carbocycles. The number of nitrogens with zero attached hydrogens (tertiary/aromatic N) is 2. The Morgan fingerprint density at radius 1 is 0.950 bits per heavy atom. The molecule has 20 heavy (non-hydrogen) atoms. The van der Waals surface area contributed by atoms with Gasteiger partial charge in [-0.1, -0.05) is 41.5 Å². The smallest absolute Gasteiger partial charge is 0.316 e. The normalized spacial score (nSPS) is 11.8. The Kier molecular flexibility index (Phi) is 2.93. The van der Waals surface area contributed by atoms with Crippen LogP contribution in [-0.4, -0.2) is 15.7 Å². The van der Waals surface area contributed by atoms with Gasteiger partial charge in [-0.3, -0.25) is 0 Å². The summed E-state index contributed by atoms with van der Waals surface area (Å²) in [5.41, 5.74) is 0.848. The largest absolute Gasteiger partial charge is 0.403 e. The lowest BCUT2D eigenvalue weighted by Crippen LogP contribution is -2.26. The van der Waals surface area contributed by atoms with E-state index in [0.29, 0.717) is 11.9 Å². The second kappa shape index (κ2) is 4.63. The average Bonchev–Trinajstić information content (AvgIpc) is 2.84. The van der Waals surface area contributed by atoms with Crippen molar-refractivity contribution in [1.29, 1.82) is 0 Å². The number of nitrogens with one attached hydrogen (secondary N) is 1. The summed E-state index contributed by atoms with van der Waals surface area (Å²) in [6.07, 6.45) is 0. The third-order valence-corrected chi connectivity index (χ3v) is 2.93. The van der Waals surface area contributed by atoms with Gasteiger partial charge in [-0.2, -0.15) is 0 Å². The molecule has 0 amide bonds. The summed E-state index contributed by atoms with van der Waals surface area (Å²) in [5, 5.41) is 13.7. The Hall–Kier alpha value is -2.36. The van der Waals surface area contributed by atoms with E-state index >= 15 is 0 Å². The van der Waals surface area contributed by atoms with Crippen LogP contribution >= 0.6 is 0 Å². The summed E-state index contributed by atoms with van der Waals surface area (Å²) in [6.45, 7) is 6.15. The van der Waals surface area contributed by atoms with E-state index in [0.717, 1.165) is 16.3 Å². The fraction of sp³-hybridized carbons (Fsp3) is 0.250. The van der Waals surface area contributed by atoms with Gasteiger partial charge in [0.05, 0.1) is 0 Å². The maximum absolute atomic E-state index is 5.72. The minimum Gasteiger partial charge on any atom is -0.403 e. The third-order valence-electron chi connectivity index (χ3n) is 2.93. The molecule has 0 aliphatic rings. The van der Waals surface area contributed by atoms with Crippen LogP contribution in [0.1, 0.15) is 20.8 Å². The maximum atomic E-state index is 5.72. The fourth-order valence-electron chi connectivity index (χ4n) is 2.12. The lowest BCUT2D eigenvalue weighted by Gasteiger charge is -2.17. The van der Waals surface area contributed by atoms with Gasteiger partial charge >= 0.3 is 6.01 Å². The monoisotopic (exact) mass is 267 g/mol. The molecule has 4 heteroatoms. The van der Waals surface area contributed by atoms with Gasteiger partial charge < -0.3 is 9.73 Å². The summed E-state index contributed by atoms with van der Waals surface area (Å²) in [4.78, 5) is 0. The van der Waals surface area contributed by atoms with Crippen molar-refractivity contribution in [2.45, 2.75) is 26.3 Å². The molecule has 0 bridgehead atoms. The van der Waals surface area contributed by atoms with Gasteiger partial charge in [0.25, 0.3) is 0 Å². The highest BCUT2D eigenvalue weighted by Crippen LogP contribution is 2.28. The number of fused-ring (bicyclic) bond motifs is 1. The minimum absolute atomic E-state index is 0.109. The molecule has 3 aromatic rings. The highest BCUT2D eigenvalue weighted by Gasteiger charge is 2.16. The summed E-state index contributed by atoms with van der Waals surface area (Å²) in [5.74, 6) is 0.536. The van der Waals surface area contributed by atoms with Crippen molar-refractivity contribution in [2.24, 2.45) is 0 Å². The van der Waals surface area contributed by atoms with Gasteiger partial charge in [0, 0.05) is 11.1 Å². The van der Waals surface area contributed by atoms with Crippen molar-refractivity contribution in [3.05, 3.63) is 42.5 Å². The summed E-state index contributed by atoms with van der Waals surface area (Å²) < 4.78 is 5.72. The zero-order valence-corrected chi connectivity index (χ0v) is 11.8. The van der Waals surface area contributed by atoms with Crippen LogP contribution in [0.15, 0.2) is 46.9 Å². The van der Waals surface area contributed by atoms with E-state index in [1.807, 2.05) is 24.3 Å². The van der Waals surface area contributed by atoms with Crippen molar-refractivity contribution < 1.29 is 4.42 Å². The molecule has 0 aliphatic carbocycles. The molecule has 1 aromatic heterocycles. The van der Waals surface area contributed by atoms with Crippen LogP contribution in [0.5, 0.6) is 0 Å². The van der Waals surface area contributed by atoms with E-state index in [9.17, 15) is 0 Å². The maximum Gasteiger partial charge on any atom is 0.316 e. The lowest BCUT2D eigenvalue weighted by atomic mass is 10.0. The van der Waals surface area contributed by atoms with Crippen LogP contribution in [0.3, 0.4) is 0 Å². The molecule has 1 heterocycles. The molecule has 0 unspecified atom stereocenters. The zero-order valence-electron chi connectivity index (χ0n) is 11.8. The van der Waals surface area contributed by atoms with E-state index in [1.165, 1.54) is 0 Å². The minimum atomic E-state index is -0.109. The van der Waals surface area contributed by atoms with Crippen molar-refractivity contribution in [3.8, 4) is 11.5 Å². The molecule has 0 aliphatic heterocycles. The van der Waals surface area contributed by atoms with Crippen molar-refractivity contribution in [3.63, 3.8) is 0 Å². The molecular formula is C16H17N3O. The standard InChI is InChI=1S/C16H17N3O/c1-16(2,3)17-15-19-18-14(20-15)13-10-6-8-11-7-4-5-9-12(11)13/h4-10H,1-3H3,(H,17,19). The molecule has 3 rings (SSSR count). The van der Waals surface area contributed by atoms with Crippen LogP contribution in [0, 0.1) is 0 Å². The molecule has 0 atom stereocenters. The first-order chi connectivity index (χ1) is 9.53. The number of hydrogen-bond donors (Lipinski definition) is 1. The average molecular weight is 267 g/mol. The van der Waals surface area contributed by atoms with E-state index in [2.05, 4.69) is 54.5 Å². The quantitative estimate of drug-likeness (QED) is 0.759. The fourth-order valence-corrected chi connectivity index (χ4v) is 2.12. The van der Waals surface area contributed by atoms with Crippen LogP contribution in [0.25, 0.3) is 22.2 Å². The summed E-state index contributed by atoms with van der Waals surface area (Å²) in [6, 6.07) is 14.7. The van der Waals surface area contributed by atoms with Crippen LogP contribution in [-0.2, 0) is 0 Å². The molecule has 4 nitrogen and oxygen atoms in total. The topological polar surface area (TPSA) is 51.0 Å². The Bertz CT molecular complexity index is 735. The number of rotatable bonds is 2. The van der Waals surface area contributed by atoms with Crippen LogP contribution in [0.4, 0.5) is 6.01 Å². The van der Waals surface area contributed by atoms with Crippen molar-refractivity contribution in [1.82, 2.24) is 10.2 Å². The molecular weight excluding hydrogens is 250 g/mol. The third kappa shape index (κ3) is 2.50. The van der Waals surface area contributed by atoms with E-state index in [-0.39, 0.29) is 5.54 Å². The van der Waals surface area contributed by atoms with Gasteiger partial charge in [0.1, 0.15) is 0 Å². The van der Waals surface area contributed by atoms with Gasteiger partial charge in [-0.05, 0) is 37.6 Å². The molecule has 102 valence electrons. The van der Waals surface area contributed by atoms with Crippen molar-refractivity contribution in [2.75, 3.05) is 5.32 Å². The molecule has 0 radical (unpaired) electrons. The summed E-state index contributed by atoms with van der Waals surface area (Å²) in [7, 11) is 0. The number of aromatic nitrogens is 2. The number of benzene rings is 2. The second-order valence-corrected chi connectivity index (χ2v) is 5.81. The number of hydrogen-bond acceptors (Lipinski definition) is 4. The predicted molar refractivity (Wildman–Crippen MR) is 80.6 cm³/mol. The van der Waals surface area contributed by atoms with Gasteiger partial charge in [0.2, 0.25) is 5.89 Å². The molecule has 1 N–H and O–H groups in total. The van der Waals surface area contributed by atoms with Crippen LogP contribution in [0.2, 0.25) is 0 Å². The Morgan fingerprint density at radius 2 is 1.70 bits per heavy atom. The Labute approximate surface area is 117 Å². The SMILES string of the molecule is CC(C)(C)Nc1nnc(-c2cccc3ccccc23)o1. The summed E-state index contributed by atoms with van der Waals surface area (Å²) >= 11 is 0. The molecule has 0 spiro atoms. The lowest BCUT2D eigenvalue weighted by molar-refractivity contribution is 0.538. The van der Waals surface area contributed by atoms with Gasteiger partial charge in [0.15, 0.2) is 0 Å². The molecule has 0 saturated heterocycles. The molecule has 0 saturated carbocycles. The first-order valence-electron chi connectivity index (χ1n) is 6.63. The molecule has 0 fully saturated rings. The Balaban J connectivity index is 2.04. The van der Waals surface area contributed by atoms with E-state index in [1.54, 1.807) is 0 Å². The zero-order chi connectivity index (χ0) is 14.2. The van der Waals surface area contributed by atoms with Gasteiger partial charge in [-0.25, -0.2) is 0 Å². The highest BCUT2D eigenvalue weighted by atomic mass is 16.4. The first kappa shape index (κ1) is 12.7. The first-order valence-corrected chi connectivity index (χ1v) is 6.63. The Morgan fingerprint density at radius 3 is 2.50 bits per heavy atom. The predicted octanol–water partition coefficient (Wildman–Crippen LogP) is 4.10. The van der Waals surface area contributed by atoms with Crippen molar-refractivity contribution >= 4 is 16.8 Å². The highest BCUT2D eigenvalue weighted by molar-refractivity contribution is 5.94.